The molecule has 0 aliphatic rings. The second-order valence-corrected chi connectivity index (χ2v) is 7.21. The molecule has 1 rings (SSSR count). The normalized spacial score (nSPS) is 12.7. The van der Waals surface area contributed by atoms with Crippen LogP contribution in [0.1, 0.15) is 71.3 Å². The number of carbonyl (C=O) groups is 3. The molecule has 7 nitrogen and oxygen atoms in total. The van der Waals surface area contributed by atoms with Crippen LogP contribution in [0.15, 0.2) is 42.5 Å². The minimum absolute atomic E-state index is 0.141. The van der Waals surface area contributed by atoms with Crippen molar-refractivity contribution in [3.8, 4) is 0 Å². The van der Waals surface area contributed by atoms with Crippen LogP contribution in [-0.2, 0) is 24.7 Å². The van der Waals surface area contributed by atoms with Gasteiger partial charge in [-0.25, -0.2) is 14.4 Å². The molecule has 0 spiro atoms. The number of esters is 1. The topological polar surface area (TPSA) is 121 Å². The Hall–Kier alpha value is -2.67. The Balaban J connectivity index is 0.000000954. The third kappa shape index (κ3) is 10.8. The highest BCUT2D eigenvalue weighted by Crippen LogP contribution is 2.35. The summed E-state index contributed by atoms with van der Waals surface area (Å²) in [6.07, 6.45) is 8.09. The lowest BCUT2D eigenvalue weighted by Gasteiger charge is -2.33. The summed E-state index contributed by atoms with van der Waals surface area (Å²) >= 11 is 0. The van der Waals surface area contributed by atoms with Gasteiger partial charge in [0.1, 0.15) is 0 Å². The molecule has 174 valence electrons. The monoisotopic (exact) mass is 436 g/mol. The number of ether oxygens (including phenoxy) is 1. The highest BCUT2D eigenvalue weighted by atomic mass is 16.5. The van der Waals surface area contributed by atoms with Crippen molar-refractivity contribution >= 4 is 17.9 Å². The lowest BCUT2D eigenvalue weighted by Crippen LogP contribution is -2.44. The average molecular weight is 437 g/mol. The summed E-state index contributed by atoms with van der Waals surface area (Å²) in [5, 5.41) is 26.8. The van der Waals surface area contributed by atoms with E-state index in [1.807, 2.05) is 32.0 Å². The lowest BCUT2D eigenvalue weighted by atomic mass is 9.78. The van der Waals surface area contributed by atoms with Gasteiger partial charge in [-0.2, -0.15) is 0 Å². The molecule has 0 aliphatic heterocycles. The molecule has 31 heavy (non-hydrogen) atoms. The lowest BCUT2D eigenvalue weighted by molar-refractivity contribution is -0.174. The number of hydrogen-bond acceptors (Lipinski definition) is 5. The second-order valence-electron chi connectivity index (χ2n) is 7.21. The molecule has 0 amide bonds. The molecule has 1 atom stereocenters. The molecule has 0 aliphatic carbocycles. The van der Waals surface area contributed by atoms with Crippen molar-refractivity contribution in [2.45, 2.75) is 71.3 Å². The molecule has 1 aromatic carbocycles. The van der Waals surface area contributed by atoms with Crippen molar-refractivity contribution in [1.29, 1.82) is 0 Å². The summed E-state index contributed by atoms with van der Waals surface area (Å²) in [4.78, 5) is 31.7. The molecule has 0 saturated heterocycles. The predicted molar refractivity (Wildman–Crippen MR) is 119 cm³/mol. The minimum Gasteiger partial charge on any atom is -0.478 e. The first-order valence-electron chi connectivity index (χ1n) is 10.8. The number of hydrogen-bond donors (Lipinski definition) is 3. The van der Waals surface area contributed by atoms with Crippen LogP contribution in [0.3, 0.4) is 0 Å². The van der Waals surface area contributed by atoms with Crippen LogP contribution in [0.5, 0.6) is 0 Å². The molecule has 0 aromatic heterocycles. The van der Waals surface area contributed by atoms with E-state index >= 15 is 0 Å². The van der Waals surface area contributed by atoms with Gasteiger partial charge in [-0.1, -0.05) is 76.8 Å². The summed E-state index contributed by atoms with van der Waals surface area (Å²) < 4.78 is 5.44. The third-order valence-corrected chi connectivity index (χ3v) is 4.95. The van der Waals surface area contributed by atoms with Crippen molar-refractivity contribution in [3.05, 3.63) is 48.0 Å². The molecule has 0 saturated carbocycles. The quantitative estimate of drug-likeness (QED) is 0.236. The first-order chi connectivity index (χ1) is 14.7. The third-order valence-electron chi connectivity index (χ3n) is 4.95. The van der Waals surface area contributed by atoms with Gasteiger partial charge in [0.2, 0.25) is 0 Å². The van der Waals surface area contributed by atoms with E-state index in [1.54, 1.807) is 12.1 Å². The van der Waals surface area contributed by atoms with Crippen molar-refractivity contribution in [3.63, 3.8) is 0 Å². The summed E-state index contributed by atoms with van der Waals surface area (Å²) in [6, 6.07) is 9.19. The maximum absolute atomic E-state index is 12.6. The summed E-state index contributed by atoms with van der Waals surface area (Å²) in [5.41, 5.74) is -0.918. The van der Waals surface area contributed by atoms with E-state index in [9.17, 15) is 19.5 Å². The van der Waals surface area contributed by atoms with Gasteiger partial charge in [0, 0.05) is 18.1 Å². The zero-order valence-electron chi connectivity index (χ0n) is 18.8. The van der Waals surface area contributed by atoms with E-state index in [1.165, 1.54) is 19.3 Å². The van der Waals surface area contributed by atoms with Crippen LogP contribution in [0.2, 0.25) is 0 Å². The van der Waals surface area contributed by atoms with Crippen LogP contribution in [0, 0.1) is 5.92 Å². The molecule has 7 heteroatoms. The van der Waals surface area contributed by atoms with E-state index in [-0.39, 0.29) is 5.92 Å². The Bertz CT molecular complexity index is 664. The molecule has 0 heterocycles. The highest BCUT2D eigenvalue weighted by Gasteiger charge is 2.45. The van der Waals surface area contributed by atoms with Gasteiger partial charge in [-0.15, -0.1) is 0 Å². The molecular weight excluding hydrogens is 400 g/mol. The first kappa shape index (κ1) is 28.3. The molecule has 0 bridgehead atoms. The summed E-state index contributed by atoms with van der Waals surface area (Å²) in [6.45, 7) is 6.56. The number of carbonyl (C=O) groups excluding carboxylic acids is 1. The number of carboxylic acids is 2. The largest absolute Gasteiger partial charge is 0.478 e. The molecule has 1 unspecified atom stereocenters. The number of benzene rings is 1. The minimum atomic E-state index is -1.55. The van der Waals surface area contributed by atoms with Gasteiger partial charge in [0.15, 0.2) is 5.60 Å². The fourth-order valence-corrected chi connectivity index (χ4v) is 3.22. The Kier molecular flexibility index (Phi) is 14.7. The zero-order valence-corrected chi connectivity index (χ0v) is 18.8. The molecule has 3 N–H and O–H groups in total. The smallest absolute Gasteiger partial charge is 0.343 e. The Morgan fingerprint density at radius 1 is 0.903 bits per heavy atom. The van der Waals surface area contributed by atoms with E-state index in [0.717, 1.165) is 25.7 Å². The number of aliphatic hydroxyl groups is 1. The molecule has 1 aromatic rings. The first-order valence-corrected chi connectivity index (χ1v) is 10.8. The Morgan fingerprint density at radius 3 is 1.87 bits per heavy atom. The summed E-state index contributed by atoms with van der Waals surface area (Å²) in [5.74, 6) is -3.16. The Morgan fingerprint density at radius 2 is 1.42 bits per heavy atom. The number of rotatable bonds is 13. The van der Waals surface area contributed by atoms with Crippen LogP contribution in [0.4, 0.5) is 0 Å². The van der Waals surface area contributed by atoms with E-state index < -0.39 is 23.5 Å². The van der Waals surface area contributed by atoms with Gasteiger partial charge in [-0.3, -0.25) is 0 Å². The van der Waals surface area contributed by atoms with Crippen molar-refractivity contribution in [1.82, 2.24) is 0 Å². The van der Waals surface area contributed by atoms with Crippen LogP contribution in [-0.4, -0.2) is 39.8 Å². The van der Waals surface area contributed by atoms with E-state index in [4.69, 9.17) is 14.9 Å². The number of unbranched alkanes of at least 4 members (excludes halogenated alkanes) is 4. The van der Waals surface area contributed by atoms with Crippen molar-refractivity contribution in [2.24, 2.45) is 5.92 Å². The van der Waals surface area contributed by atoms with Crippen LogP contribution < -0.4 is 0 Å². The standard InChI is InChI=1S/C20H32O3.C4H4O4/c1-4-7-8-9-13-16-23-19(21)20(22,17(5-2)6-3)18-14-11-10-12-15-18;5-3(6)1-2-4(7)8/h10-12,14-15,17,22H,4-9,13,16H2,1-3H3;1-2H,(H,5,6)(H,7,8)/b;2-1-. The van der Waals surface area contributed by atoms with Gasteiger partial charge in [0.05, 0.1) is 6.61 Å². The van der Waals surface area contributed by atoms with E-state index in [2.05, 4.69) is 6.92 Å². The van der Waals surface area contributed by atoms with Gasteiger partial charge >= 0.3 is 17.9 Å². The molecule has 0 radical (unpaired) electrons. The van der Waals surface area contributed by atoms with Gasteiger partial charge < -0.3 is 20.1 Å². The van der Waals surface area contributed by atoms with Gasteiger partial charge in [-0.05, 0) is 24.8 Å². The number of carboxylic acid groups (broad SMARTS) is 2. The van der Waals surface area contributed by atoms with Gasteiger partial charge in [0.25, 0.3) is 0 Å². The Labute approximate surface area is 184 Å². The van der Waals surface area contributed by atoms with Crippen LogP contribution in [0.25, 0.3) is 0 Å². The number of aliphatic carboxylic acids is 2. The van der Waals surface area contributed by atoms with E-state index in [0.29, 0.717) is 24.3 Å². The molecule has 0 fully saturated rings. The molecular formula is C24H36O7. The maximum Gasteiger partial charge on any atom is 0.343 e. The second kappa shape index (κ2) is 16.1. The van der Waals surface area contributed by atoms with Crippen molar-refractivity contribution in [2.75, 3.05) is 6.61 Å². The fraction of sp³-hybridized carbons (Fsp3) is 0.542. The summed E-state index contributed by atoms with van der Waals surface area (Å²) in [7, 11) is 0. The van der Waals surface area contributed by atoms with Crippen LogP contribution >= 0.6 is 0 Å². The maximum atomic E-state index is 12.6. The predicted octanol–water partition coefficient (Wildman–Crippen LogP) is 4.54. The average Bonchev–Trinajstić information content (AvgIpc) is 2.76. The fourth-order valence-electron chi connectivity index (χ4n) is 3.22. The highest BCUT2D eigenvalue weighted by molar-refractivity contribution is 5.89. The van der Waals surface area contributed by atoms with Crippen molar-refractivity contribution < 1.29 is 34.4 Å². The zero-order chi connectivity index (χ0) is 23.7. The SMILES string of the molecule is CCCCCCCOC(=O)C(O)(c1ccccc1)C(CC)CC.O=C(O)/C=C\C(=O)O.